The molecule has 0 radical (unpaired) electrons. The molecule has 3 rings (SSSR count). The number of carbonyl (C=O) groups is 2. The van der Waals surface area contributed by atoms with Crippen molar-refractivity contribution in [3.8, 4) is 11.5 Å². The van der Waals surface area contributed by atoms with Crippen LogP contribution in [-0.4, -0.2) is 22.8 Å². The molecule has 142 valence electrons. The summed E-state index contributed by atoms with van der Waals surface area (Å²) in [6.07, 6.45) is 2.85. The summed E-state index contributed by atoms with van der Waals surface area (Å²) in [7, 11) is 0. The maximum atomic E-state index is 12.7. The van der Waals surface area contributed by atoms with Crippen molar-refractivity contribution in [1.82, 2.24) is 10.3 Å². The number of rotatable bonds is 6. The molecule has 3 aromatic rings. The van der Waals surface area contributed by atoms with Crippen molar-refractivity contribution in [3.05, 3.63) is 84.2 Å². The highest BCUT2D eigenvalue weighted by molar-refractivity contribution is 6.06. The van der Waals surface area contributed by atoms with Crippen molar-refractivity contribution in [2.24, 2.45) is 0 Å². The fourth-order valence-corrected chi connectivity index (χ4v) is 2.50. The molecule has 0 saturated heterocycles. The molecule has 0 unspecified atom stereocenters. The van der Waals surface area contributed by atoms with E-state index in [0.29, 0.717) is 22.7 Å². The van der Waals surface area contributed by atoms with Gasteiger partial charge in [0.05, 0.1) is 16.8 Å². The highest BCUT2D eigenvalue weighted by Gasteiger charge is 2.14. The molecule has 0 fully saturated rings. The molecule has 6 nitrogen and oxygen atoms in total. The number of anilines is 1. The van der Waals surface area contributed by atoms with Crippen molar-refractivity contribution in [1.29, 1.82) is 0 Å². The minimum atomic E-state index is -0.379. The van der Waals surface area contributed by atoms with Gasteiger partial charge in [-0.2, -0.15) is 0 Å². The predicted molar refractivity (Wildman–Crippen MR) is 108 cm³/mol. The van der Waals surface area contributed by atoms with E-state index >= 15 is 0 Å². The van der Waals surface area contributed by atoms with Crippen molar-refractivity contribution in [3.63, 3.8) is 0 Å². The normalized spacial score (nSPS) is 10.4. The number of ether oxygens (including phenoxy) is 1. The van der Waals surface area contributed by atoms with Crippen molar-refractivity contribution in [2.45, 2.75) is 19.9 Å². The first-order valence-electron chi connectivity index (χ1n) is 8.92. The van der Waals surface area contributed by atoms with Gasteiger partial charge in [-0.25, -0.2) is 0 Å². The largest absolute Gasteiger partial charge is 0.455 e. The number of hydrogen-bond donors (Lipinski definition) is 2. The van der Waals surface area contributed by atoms with E-state index in [1.54, 1.807) is 18.2 Å². The van der Waals surface area contributed by atoms with E-state index in [9.17, 15) is 9.59 Å². The van der Waals surface area contributed by atoms with E-state index in [1.165, 1.54) is 18.5 Å². The summed E-state index contributed by atoms with van der Waals surface area (Å²) < 4.78 is 5.86. The third-order valence-corrected chi connectivity index (χ3v) is 3.79. The molecule has 0 aliphatic heterocycles. The number of para-hydroxylation sites is 3. The van der Waals surface area contributed by atoms with Gasteiger partial charge in [-0.1, -0.05) is 30.3 Å². The Kier molecular flexibility index (Phi) is 6.01. The molecule has 0 aliphatic carbocycles. The Morgan fingerprint density at radius 1 is 0.893 bits per heavy atom. The van der Waals surface area contributed by atoms with Gasteiger partial charge in [0.15, 0.2) is 5.75 Å². The summed E-state index contributed by atoms with van der Waals surface area (Å²) in [6.45, 7) is 3.73. The molecule has 2 amide bonds. The Bertz CT molecular complexity index is 972. The molecule has 0 saturated carbocycles. The average Bonchev–Trinajstić information content (AvgIpc) is 2.70. The summed E-state index contributed by atoms with van der Waals surface area (Å²) in [4.78, 5) is 28.8. The second-order valence-electron chi connectivity index (χ2n) is 6.46. The Labute approximate surface area is 163 Å². The second-order valence-corrected chi connectivity index (χ2v) is 6.46. The van der Waals surface area contributed by atoms with Crippen LogP contribution in [0.25, 0.3) is 0 Å². The number of amides is 2. The zero-order valence-electron chi connectivity index (χ0n) is 15.7. The number of benzene rings is 2. The highest BCUT2D eigenvalue weighted by atomic mass is 16.5. The fourth-order valence-electron chi connectivity index (χ4n) is 2.50. The van der Waals surface area contributed by atoms with Crippen LogP contribution >= 0.6 is 0 Å². The molecule has 0 spiro atoms. The number of nitrogens with zero attached hydrogens (tertiary/aromatic N) is 1. The minimum absolute atomic E-state index is 0.00741. The van der Waals surface area contributed by atoms with Gasteiger partial charge < -0.3 is 15.4 Å². The van der Waals surface area contributed by atoms with Crippen LogP contribution in [0.15, 0.2) is 73.1 Å². The van der Waals surface area contributed by atoms with Crippen LogP contribution in [0.4, 0.5) is 5.69 Å². The lowest BCUT2D eigenvalue weighted by Crippen LogP contribution is -2.30. The first-order valence-corrected chi connectivity index (χ1v) is 8.92. The molecule has 28 heavy (non-hydrogen) atoms. The first-order chi connectivity index (χ1) is 13.5. The van der Waals surface area contributed by atoms with E-state index in [0.717, 1.165) is 0 Å². The van der Waals surface area contributed by atoms with Crippen molar-refractivity contribution >= 4 is 17.5 Å². The van der Waals surface area contributed by atoms with Gasteiger partial charge in [0.25, 0.3) is 11.8 Å². The quantitative estimate of drug-likeness (QED) is 0.674. The van der Waals surface area contributed by atoms with Gasteiger partial charge in [-0.3, -0.25) is 14.6 Å². The Morgan fingerprint density at radius 2 is 1.54 bits per heavy atom. The Hall–Kier alpha value is -3.67. The van der Waals surface area contributed by atoms with Crippen LogP contribution in [0.2, 0.25) is 0 Å². The molecular formula is C22H21N3O3. The summed E-state index contributed by atoms with van der Waals surface area (Å²) in [5.41, 5.74) is 1.13. The SMILES string of the molecule is CC(C)NC(=O)c1cncc(C(=O)Nc2ccccc2Oc2ccccc2)c1. The third-order valence-electron chi connectivity index (χ3n) is 3.79. The monoisotopic (exact) mass is 375 g/mol. The van der Waals surface area contributed by atoms with Gasteiger partial charge in [-0.05, 0) is 44.2 Å². The number of hydrogen-bond acceptors (Lipinski definition) is 4. The van der Waals surface area contributed by atoms with E-state index in [1.807, 2.05) is 50.2 Å². The van der Waals surface area contributed by atoms with Gasteiger partial charge in [0.2, 0.25) is 0 Å². The van der Waals surface area contributed by atoms with Gasteiger partial charge in [-0.15, -0.1) is 0 Å². The van der Waals surface area contributed by atoms with Gasteiger partial charge in [0, 0.05) is 18.4 Å². The van der Waals surface area contributed by atoms with Crippen LogP contribution in [-0.2, 0) is 0 Å². The van der Waals surface area contributed by atoms with Gasteiger partial charge in [0.1, 0.15) is 5.75 Å². The summed E-state index contributed by atoms with van der Waals surface area (Å²) >= 11 is 0. The third kappa shape index (κ3) is 4.94. The number of nitrogens with one attached hydrogen (secondary N) is 2. The molecule has 1 heterocycles. The lowest BCUT2D eigenvalue weighted by Gasteiger charge is -2.13. The standard InChI is InChI=1S/C22H21N3O3/c1-15(2)24-21(26)16-12-17(14-23-13-16)22(27)25-19-10-6-7-11-20(19)28-18-8-4-3-5-9-18/h3-15H,1-2H3,(H,24,26)(H,25,27). The fraction of sp³-hybridized carbons (Fsp3) is 0.136. The van der Waals surface area contributed by atoms with E-state index in [4.69, 9.17) is 4.74 Å². The lowest BCUT2D eigenvalue weighted by atomic mass is 10.1. The Balaban J connectivity index is 1.78. The summed E-state index contributed by atoms with van der Waals surface area (Å²) in [5, 5.41) is 5.60. The first kappa shape index (κ1) is 19.1. The molecular weight excluding hydrogens is 354 g/mol. The van der Waals surface area contributed by atoms with Crippen LogP contribution in [0, 0.1) is 0 Å². The zero-order chi connectivity index (χ0) is 19.9. The highest BCUT2D eigenvalue weighted by Crippen LogP contribution is 2.29. The van der Waals surface area contributed by atoms with E-state index in [2.05, 4.69) is 15.6 Å². The summed E-state index contributed by atoms with van der Waals surface area (Å²) in [6, 6.07) is 18.0. The number of aromatic nitrogens is 1. The minimum Gasteiger partial charge on any atom is -0.455 e. The average molecular weight is 375 g/mol. The lowest BCUT2D eigenvalue weighted by molar-refractivity contribution is 0.0942. The van der Waals surface area contributed by atoms with E-state index < -0.39 is 0 Å². The molecule has 0 atom stereocenters. The van der Waals surface area contributed by atoms with Crippen molar-refractivity contribution < 1.29 is 14.3 Å². The smallest absolute Gasteiger partial charge is 0.257 e. The zero-order valence-corrected chi connectivity index (χ0v) is 15.7. The maximum Gasteiger partial charge on any atom is 0.257 e. The van der Waals surface area contributed by atoms with Crippen LogP contribution in [0.3, 0.4) is 0 Å². The molecule has 2 N–H and O–H groups in total. The number of pyridine rings is 1. The van der Waals surface area contributed by atoms with Gasteiger partial charge >= 0.3 is 0 Å². The molecule has 0 aliphatic rings. The van der Waals surface area contributed by atoms with Crippen LogP contribution < -0.4 is 15.4 Å². The second kappa shape index (κ2) is 8.81. The van der Waals surface area contributed by atoms with Crippen molar-refractivity contribution in [2.75, 3.05) is 5.32 Å². The molecule has 0 bridgehead atoms. The van der Waals surface area contributed by atoms with E-state index in [-0.39, 0.29) is 23.4 Å². The Morgan fingerprint density at radius 3 is 2.25 bits per heavy atom. The molecule has 2 aromatic carbocycles. The topological polar surface area (TPSA) is 80.3 Å². The molecule has 1 aromatic heterocycles. The predicted octanol–water partition coefficient (Wildman–Crippen LogP) is 4.26. The van der Waals surface area contributed by atoms with Crippen LogP contribution in [0.1, 0.15) is 34.6 Å². The maximum absolute atomic E-state index is 12.7. The summed E-state index contributed by atoms with van der Waals surface area (Å²) in [5.74, 6) is 0.530. The van der Waals surface area contributed by atoms with Crippen LogP contribution in [0.5, 0.6) is 11.5 Å². The number of carbonyl (C=O) groups excluding carboxylic acids is 2. The molecule has 6 heteroatoms.